The minimum Gasteiger partial charge on any atom is -0.490 e. The first kappa shape index (κ1) is 28.6. The van der Waals surface area contributed by atoms with Gasteiger partial charge in [0.05, 0.1) is 23.6 Å². The van der Waals surface area contributed by atoms with Gasteiger partial charge in [-0.1, -0.05) is 36.7 Å². The molecule has 0 saturated heterocycles. The molecule has 2 N–H and O–H groups in total. The molecule has 2 aromatic carbocycles. The number of hydrogen-bond acceptors (Lipinski definition) is 6. The zero-order valence-corrected chi connectivity index (χ0v) is 25.1. The molecule has 0 aromatic heterocycles. The van der Waals surface area contributed by atoms with Crippen molar-refractivity contribution >= 4 is 33.2 Å². The highest BCUT2D eigenvalue weighted by Crippen LogP contribution is 2.46. The van der Waals surface area contributed by atoms with Crippen LogP contribution >= 0.6 is 11.6 Å². The van der Waals surface area contributed by atoms with Gasteiger partial charge in [-0.15, -0.1) is 0 Å². The number of amides is 1. The lowest BCUT2D eigenvalue weighted by Crippen LogP contribution is -2.48. The van der Waals surface area contributed by atoms with Crippen LogP contribution in [0.25, 0.3) is 0 Å². The molecule has 2 heterocycles. The molecule has 1 spiro atoms. The minimum atomic E-state index is -3.92. The number of ether oxygens (including phenoxy) is 1. The van der Waals surface area contributed by atoms with Crippen molar-refractivity contribution in [1.82, 2.24) is 4.72 Å². The summed E-state index contributed by atoms with van der Waals surface area (Å²) in [5, 5.41) is 10.6. The molecule has 2 aromatic rings. The van der Waals surface area contributed by atoms with Gasteiger partial charge in [-0.3, -0.25) is 4.79 Å². The van der Waals surface area contributed by atoms with Gasteiger partial charge in [-0.2, -0.15) is 0 Å². The number of aliphatic hydroxyl groups excluding tert-OH is 1. The van der Waals surface area contributed by atoms with E-state index in [1.807, 2.05) is 18.2 Å². The third-order valence-electron chi connectivity index (χ3n) is 9.72. The van der Waals surface area contributed by atoms with Crippen molar-refractivity contribution in [2.24, 2.45) is 11.8 Å². The maximum Gasteiger partial charge on any atom is 0.264 e. The van der Waals surface area contributed by atoms with E-state index in [2.05, 4.69) is 27.8 Å². The van der Waals surface area contributed by atoms with E-state index in [9.17, 15) is 18.3 Å². The fourth-order valence-corrected chi connectivity index (χ4v) is 8.81. The Labute approximate surface area is 248 Å². The quantitative estimate of drug-likeness (QED) is 0.428. The molecule has 220 valence electrons. The molecule has 6 rings (SSSR count). The van der Waals surface area contributed by atoms with Gasteiger partial charge in [0.2, 0.25) is 10.0 Å². The summed E-state index contributed by atoms with van der Waals surface area (Å²) in [4.78, 5) is 15.7. The van der Waals surface area contributed by atoms with Crippen LogP contribution in [0.1, 0.15) is 73.4 Å². The number of nitrogens with one attached hydrogen (secondary N) is 1. The number of rotatable bonds is 1. The van der Waals surface area contributed by atoms with E-state index in [1.165, 1.54) is 11.1 Å². The van der Waals surface area contributed by atoms with Crippen LogP contribution in [0.3, 0.4) is 0 Å². The summed E-state index contributed by atoms with van der Waals surface area (Å²) in [6, 6.07) is 11.4. The van der Waals surface area contributed by atoms with Crippen molar-refractivity contribution in [3.8, 4) is 5.75 Å². The first-order valence-electron chi connectivity index (χ1n) is 14.9. The fourth-order valence-electron chi connectivity index (χ4n) is 7.19. The highest BCUT2D eigenvalue weighted by molar-refractivity contribution is 7.90. The van der Waals surface area contributed by atoms with Gasteiger partial charge in [-0.25, -0.2) is 13.1 Å². The second kappa shape index (κ2) is 11.3. The molecule has 1 fully saturated rings. The number of halogens is 1. The number of fused-ring (bicyclic) bond motifs is 4. The second-order valence-electron chi connectivity index (χ2n) is 12.3. The summed E-state index contributed by atoms with van der Waals surface area (Å²) < 4.78 is 35.2. The smallest absolute Gasteiger partial charge is 0.264 e. The van der Waals surface area contributed by atoms with Crippen molar-refractivity contribution < 1.29 is 23.1 Å². The molecule has 7 nitrogen and oxygen atoms in total. The first-order chi connectivity index (χ1) is 19.7. The number of hydrogen-bond donors (Lipinski definition) is 2. The van der Waals surface area contributed by atoms with Crippen LogP contribution in [0.2, 0.25) is 5.02 Å². The standard InChI is InChI=1S/C32H39ClN2O5S/c1-2-27-12-11-26(36)10-7-21-5-6-24(21)18-35-19-32(15-3-4-22-16-25(33)9-13-28(22)32)20-40-30-14-8-23(17-29(30)35)31(37)34-41(27,38)39/h7-10,13-14,16-17,21,24,26-27,36H,2-6,11-12,15,18-20H2,1H3,(H,34,37)/b10-7+/t21-,24-,26+,27+,32-/m0/s1. The van der Waals surface area contributed by atoms with Crippen LogP contribution in [0.15, 0.2) is 48.6 Å². The number of carbonyl (C=O) groups excluding carboxylic acids is 1. The van der Waals surface area contributed by atoms with Gasteiger partial charge < -0.3 is 14.7 Å². The molecule has 5 atom stereocenters. The number of sulfonamides is 1. The lowest BCUT2D eigenvalue weighted by Gasteiger charge is -2.44. The average molecular weight is 599 g/mol. The summed E-state index contributed by atoms with van der Waals surface area (Å²) in [5.41, 5.74) is 3.42. The van der Waals surface area contributed by atoms with Crippen LogP contribution in [0, 0.1) is 11.8 Å². The van der Waals surface area contributed by atoms with Gasteiger partial charge in [0.15, 0.2) is 0 Å². The summed E-state index contributed by atoms with van der Waals surface area (Å²) in [6.45, 7) is 3.82. The Bertz CT molecular complexity index is 1460. The van der Waals surface area contributed by atoms with Crippen molar-refractivity contribution in [2.75, 3.05) is 24.6 Å². The number of carbonyl (C=O) groups is 1. The predicted octanol–water partition coefficient (Wildman–Crippen LogP) is 5.39. The van der Waals surface area contributed by atoms with E-state index >= 15 is 0 Å². The van der Waals surface area contributed by atoms with E-state index in [-0.39, 0.29) is 11.8 Å². The summed E-state index contributed by atoms with van der Waals surface area (Å²) >= 11 is 6.38. The third-order valence-corrected chi connectivity index (χ3v) is 11.9. The zero-order chi connectivity index (χ0) is 28.8. The Balaban J connectivity index is 1.41. The molecule has 0 unspecified atom stereocenters. The van der Waals surface area contributed by atoms with Crippen LogP contribution in [-0.4, -0.2) is 50.5 Å². The highest BCUT2D eigenvalue weighted by atomic mass is 35.5. The van der Waals surface area contributed by atoms with E-state index in [4.69, 9.17) is 16.3 Å². The Morgan fingerprint density at radius 2 is 1.98 bits per heavy atom. The van der Waals surface area contributed by atoms with Crippen LogP contribution in [-0.2, 0) is 21.9 Å². The molecule has 2 aliphatic heterocycles. The number of aliphatic hydroxyl groups is 1. The van der Waals surface area contributed by atoms with Crippen molar-refractivity contribution in [3.63, 3.8) is 0 Å². The van der Waals surface area contributed by atoms with Gasteiger partial charge in [0, 0.05) is 29.1 Å². The highest BCUT2D eigenvalue weighted by Gasteiger charge is 2.43. The molecular formula is C32H39ClN2O5S. The monoisotopic (exact) mass is 598 g/mol. The number of benzene rings is 2. The molecule has 4 aliphatic rings. The van der Waals surface area contributed by atoms with Crippen LogP contribution in [0.4, 0.5) is 5.69 Å². The number of anilines is 1. The van der Waals surface area contributed by atoms with Crippen molar-refractivity contribution in [3.05, 3.63) is 70.3 Å². The number of nitrogens with zero attached hydrogens (tertiary/aromatic N) is 1. The van der Waals surface area contributed by atoms with Crippen molar-refractivity contribution in [2.45, 2.75) is 75.1 Å². The number of allylic oxidation sites excluding steroid dienone is 1. The van der Waals surface area contributed by atoms with Gasteiger partial charge >= 0.3 is 0 Å². The molecule has 2 bridgehead atoms. The Kier molecular flexibility index (Phi) is 7.85. The Morgan fingerprint density at radius 3 is 2.76 bits per heavy atom. The normalized spacial score (nSPS) is 32.0. The topological polar surface area (TPSA) is 95.9 Å². The second-order valence-corrected chi connectivity index (χ2v) is 14.7. The average Bonchev–Trinajstić information content (AvgIpc) is 3.07. The zero-order valence-electron chi connectivity index (χ0n) is 23.5. The maximum atomic E-state index is 13.3. The van der Waals surface area contributed by atoms with E-state index in [0.717, 1.165) is 55.9 Å². The van der Waals surface area contributed by atoms with E-state index < -0.39 is 27.3 Å². The molecule has 9 heteroatoms. The summed E-state index contributed by atoms with van der Waals surface area (Å²) in [6.07, 6.45) is 9.36. The lowest BCUT2D eigenvalue weighted by atomic mass is 9.69. The summed E-state index contributed by atoms with van der Waals surface area (Å²) in [5.74, 6) is 0.813. The number of aryl methyl sites for hydroxylation is 1. The predicted molar refractivity (Wildman–Crippen MR) is 161 cm³/mol. The largest absolute Gasteiger partial charge is 0.490 e. The SMILES string of the molecule is CC[C@@H]1CC[C@H](O)/C=C/[C@@H]2CC[C@H]2CN2C[C@@]3(CCCc4cc(Cl)ccc43)COc3ccc(cc32)C(=O)NS1(=O)=O. The van der Waals surface area contributed by atoms with Crippen LogP contribution in [0.5, 0.6) is 5.75 Å². The minimum absolute atomic E-state index is 0.233. The molecular weight excluding hydrogens is 560 g/mol. The third kappa shape index (κ3) is 5.63. The van der Waals surface area contributed by atoms with Crippen molar-refractivity contribution in [1.29, 1.82) is 0 Å². The molecule has 1 saturated carbocycles. The molecule has 1 amide bonds. The molecule has 0 radical (unpaired) electrons. The van der Waals surface area contributed by atoms with Crippen LogP contribution < -0.4 is 14.4 Å². The molecule has 2 aliphatic carbocycles. The molecule has 41 heavy (non-hydrogen) atoms. The van der Waals surface area contributed by atoms with Gasteiger partial charge in [0.1, 0.15) is 5.75 Å². The lowest BCUT2D eigenvalue weighted by molar-refractivity contribution is 0.0981. The van der Waals surface area contributed by atoms with E-state index in [0.29, 0.717) is 42.6 Å². The summed E-state index contributed by atoms with van der Waals surface area (Å²) in [7, 11) is -3.92. The Hall–Kier alpha value is -2.55. The maximum absolute atomic E-state index is 13.3. The van der Waals surface area contributed by atoms with Gasteiger partial charge in [0.25, 0.3) is 5.91 Å². The van der Waals surface area contributed by atoms with E-state index in [1.54, 1.807) is 19.1 Å². The fraction of sp³-hybridized carbons (Fsp3) is 0.531. The van der Waals surface area contributed by atoms with Gasteiger partial charge in [-0.05, 0) is 105 Å². The Morgan fingerprint density at radius 1 is 1.12 bits per heavy atom. The first-order valence-corrected chi connectivity index (χ1v) is 16.8.